The second-order valence-electron chi connectivity index (χ2n) is 4.91. The fourth-order valence-electron chi connectivity index (χ4n) is 1.84. The zero-order valence-corrected chi connectivity index (χ0v) is 11.6. The third-order valence-corrected chi connectivity index (χ3v) is 2.94. The fraction of sp³-hybridized carbons (Fsp3) is 0.357. The van der Waals surface area contributed by atoms with Gasteiger partial charge in [-0.2, -0.15) is 13.2 Å². The molecule has 0 aliphatic rings. The monoisotopic (exact) mass is 318 g/mol. The molecular weight excluding hydrogens is 304 g/mol. The van der Waals surface area contributed by atoms with Crippen LogP contribution in [0.2, 0.25) is 0 Å². The second-order valence-corrected chi connectivity index (χ2v) is 4.91. The molecule has 1 N–H and O–H groups in total. The molecule has 0 spiro atoms. The van der Waals surface area contributed by atoms with Gasteiger partial charge in [-0.3, -0.25) is 4.90 Å². The lowest BCUT2D eigenvalue weighted by atomic mass is 10.2. The van der Waals surface area contributed by atoms with Crippen LogP contribution >= 0.6 is 0 Å². The standard InChI is InChI=1S/C14H14F4N2O2/c1-20(7-12(21)14(16,17)18)6-11-8-22-13(19-11)9-2-4-10(15)5-3-9/h2-5,8,12,21H,6-7H2,1H3. The first kappa shape index (κ1) is 16.4. The van der Waals surface area contributed by atoms with Gasteiger partial charge in [-0.05, 0) is 31.3 Å². The Hall–Kier alpha value is -1.93. The third kappa shape index (κ3) is 4.28. The first-order chi connectivity index (χ1) is 10.3. The van der Waals surface area contributed by atoms with Gasteiger partial charge in [0.1, 0.15) is 12.1 Å². The highest BCUT2D eigenvalue weighted by Crippen LogP contribution is 2.22. The molecule has 120 valence electrons. The van der Waals surface area contributed by atoms with Gasteiger partial charge in [-0.15, -0.1) is 0 Å². The quantitative estimate of drug-likeness (QED) is 0.861. The second kappa shape index (κ2) is 6.45. The molecule has 0 amide bonds. The number of aromatic nitrogens is 1. The number of likely N-dealkylation sites (N-methyl/N-ethyl adjacent to an activating group) is 1. The highest BCUT2D eigenvalue weighted by Gasteiger charge is 2.38. The zero-order valence-electron chi connectivity index (χ0n) is 11.6. The van der Waals surface area contributed by atoms with Crippen molar-refractivity contribution in [3.63, 3.8) is 0 Å². The molecule has 2 rings (SSSR count). The van der Waals surface area contributed by atoms with Crippen LogP contribution in [-0.4, -0.2) is 40.9 Å². The summed E-state index contributed by atoms with van der Waals surface area (Å²) in [5, 5.41) is 9.00. The topological polar surface area (TPSA) is 49.5 Å². The van der Waals surface area contributed by atoms with Crippen LogP contribution in [0, 0.1) is 5.82 Å². The van der Waals surface area contributed by atoms with E-state index in [0.29, 0.717) is 11.3 Å². The van der Waals surface area contributed by atoms with Crippen molar-refractivity contribution in [3.8, 4) is 11.5 Å². The summed E-state index contributed by atoms with van der Waals surface area (Å²) in [6.45, 7) is -0.486. The van der Waals surface area contributed by atoms with Crippen LogP contribution in [0.3, 0.4) is 0 Å². The van der Waals surface area contributed by atoms with E-state index in [2.05, 4.69) is 4.98 Å². The highest BCUT2D eigenvalue weighted by atomic mass is 19.4. The molecule has 8 heteroatoms. The van der Waals surface area contributed by atoms with E-state index in [9.17, 15) is 17.6 Å². The summed E-state index contributed by atoms with van der Waals surface area (Å²) in [5.41, 5.74) is 0.974. The number of nitrogens with zero attached hydrogens (tertiary/aromatic N) is 2. The molecule has 0 saturated heterocycles. The Morgan fingerprint density at radius 2 is 1.91 bits per heavy atom. The lowest BCUT2D eigenvalue weighted by Gasteiger charge is -2.21. The average molecular weight is 318 g/mol. The molecule has 1 heterocycles. The van der Waals surface area contributed by atoms with E-state index >= 15 is 0 Å². The molecule has 0 fully saturated rings. The number of halogens is 4. The van der Waals surface area contributed by atoms with E-state index in [1.54, 1.807) is 0 Å². The smallest absolute Gasteiger partial charge is 0.415 e. The van der Waals surface area contributed by atoms with Crippen LogP contribution in [0.5, 0.6) is 0 Å². The molecule has 0 aliphatic carbocycles. The normalized spacial score (nSPS) is 13.6. The lowest BCUT2D eigenvalue weighted by Crippen LogP contribution is -2.39. The summed E-state index contributed by atoms with van der Waals surface area (Å²) in [4.78, 5) is 5.41. The molecule has 1 atom stereocenters. The molecule has 0 bridgehead atoms. The van der Waals surface area contributed by atoms with Gasteiger partial charge < -0.3 is 9.52 Å². The predicted molar refractivity (Wildman–Crippen MR) is 70.3 cm³/mol. The predicted octanol–water partition coefficient (Wildman–Crippen LogP) is 2.84. The maximum absolute atomic E-state index is 12.8. The first-order valence-electron chi connectivity index (χ1n) is 6.39. The lowest BCUT2D eigenvalue weighted by molar-refractivity contribution is -0.207. The van der Waals surface area contributed by atoms with Gasteiger partial charge in [0.15, 0.2) is 6.10 Å². The van der Waals surface area contributed by atoms with Gasteiger partial charge in [-0.1, -0.05) is 0 Å². The minimum Gasteiger partial charge on any atom is -0.444 e. The highest BCUT2D eigenvalue weighted by molar-refractivity contribution is 5.52. The van der Waals surface area contributed by atoms with E-state index in [4.69, 9.17) is 9.52 Å². The van der Waals surface area contributed by atoms with E-state index in [0.717, 1.165) is 0 Å². The average Bonchev–Trinajstić information content (AvgIpc) is 2.86. The van der Waals surface area contributed by atoms with Crippen LogP contribution in [0.25, 0.3) is 11.5 Å². The van der Waals surface area contributed by atoms with Crippen molar-refractivity contribution in [2.45, 2.75) is 18.8 Å². The van der Waals surface area contributed by atoms with Crippen LogP contribution in [-0.2, 0) is 6.54 Å². The maximum atomic E-state index is 12.8. The van der Waals surface area contributed by atoms with E-state index in [1.807, 2.05) is 0 Å². The Labute approximate surface area is 124 Å². The zero-order chi connectivity index (χ0) is 16.3. The number of alkyl halides is 3. The summed E-state index contributed by atoms with van der Waals surface area (Å²) in [6.07, 6.45) is -5.76. The van der Waals surface area contributed by atoms with E-state index in [1.165, 1.54) is 42.5 Å². The van der Waals surface area contributed by atoms with Gasteiger partial charge in [0, 0.05) is 18.7 Å². The van der Waals surface area contributed by atoms with Crippen molar-refractivity contribution in [3.05, 3.63) is 42.0 Å². The Morgan fingerprint density at radius 3 is 2.50 bits per heavy atom. The molecule has 1 aromatic heterocycles. The number of rotatable bonds is 5. The fourth-order valence-corrected chi connectivity index (χ4v) is 1.84. The van der Waals surface area contributed by atoms with Crippen LogP contribution in [0.1, 0.15) is 5.69 Å². The molecule has 4 nitrogen and oxygen atoms in total. The minimum absolute atomic E-state index is 0.0812. The van der Waals surface area contributed by atoms with Gasteiger partial charge in [0.05, 0.1) is 5.69 Å². The number of aliphatic hydroxyl groups is 1. The molecular formula is C14H14F4N2O2. The summed E-state index contributed by atoms with van der Waals surface area (Å²) in [6, 6.07) is 5.49. The van der Waals surface area contributed by atoms with Gasteiger partial charge >= 0.3 is 6.18 Å². The van der Waals surface area contributed by atoms with E-state index < -0.39 is 24.6 Å². The largest absolute Gasteiger partial charge is 0.444 e. The van der Waals surface area contributed by atoms with Gasteiger partial charge in [-0.25, -0.2) is 9.37 Å². The van der Waals surface area contributed by atoms with E-state index in [-0.39, 0.29) is 12.4 Å². The molecule has 2 aromatic rings. The Morgan fingerprint density at radius 1 is 1.27 bits per heavy atom. The van der Waals surface area contributed by atoms with Crippen molar-refractivity contribution < 1.29 is 27.1 Å². The molecule has 1 aromatic carbocycles. The van der Waals surface area contributed by atoms with Crippen LogP contribution in [0.15, 0.2) is 34.9 Å². The van der Waals surface area contributed by atoms with Crippen LogP contribution < -0.4 is 0 Å². The Bertz CT molecular complexity index is 610. The number of oxazole rings is 1. The van der Waals surface area contributed by atoms with Crippen molar-refractivity contribution in [1.82, 2.24) is 9.88 Å². The minimum atomic E-state index is -4.66. The molecule has 1 unspecified atom stereocenters. The van der Waals surface area contributed by atoms with Crippen molar-refractivity contribution in [2.24, 2.45) is 0 Å². The van der Waals surface area contributed by atoms with Crippen molar-refractivity contribution in [2.75, 3.05) is 13.6 Å². The summed E-state index contributed by atoms with van der Waals surface area (Å²) in [5.74, 6) is -0.142. The Balaban J connectivity index is 1.98. The summed E-state index contributed by atoms with van der Waals surface area (Å²) in [7, 11) is 1.43. The van der Waals surface area contributed by atoms with Gasteiger partial charge in [0.2, 0.25) is 5.89 Å². The molecule has 0 radical (unpaired) electrons. The number of benzene rings is 1. The molecule has 0 saturated carbocycles. The number of aliphatic hydroxyl groups excluding tert-OH is 1. The molecule has 0 aliphatic heterocycles. The van der Waals surface area contributed by atoms with Crippen molar-refractivity contribution >= 4 is 0 Å². The number of hydrogen-bond acceptors (Lipinski definition) is 4. The summed E-state index contributed by atoms with van der Waals surface area (Å²) >= 11 is 0. The molecule has 22 heavy (non-hydrogen) atoms. The summed E-state index contributed by atoms with van der Waals surface area (Å²) < 4.78 is 54.8. The SMILES string of the molecule is CN(Cc1coc(-c2ccc(F)cc2)n1)CC(O)C(F)(F)F. The van der Waals surface area contributed by atoms with Gasteiger partial charge in [0.25, 0.3) is 0 Å². The maximum Gasteiger partial charge on any atom is 0.415 e. The van der Waals surface area contributed by atoms with Crippen LogP contribution in [0.4, 0.5) is 17.6 Å². The third-order valence-electron chi connectivity index (χ3n) is 2.94. The Kier molecular flexibility index (Phi) is 4.82. The first-order valence-corrected chi connectivity index (χ1v) is 6.39. The number of hydrogen-bond donors (Lipinski definition) is 1. The van der Waals surface area contributed by atoms with Crippen molar-refractivity contribution in [1.29, 1.82) is 0 Å².